The normalized spacial score (nSPS) is 12.4. The van der Waals surface area contributed by atoms with Gasteiger partial charge >= 0.3 is 0 Å². The average Bonchev–Trinajstić information content (AvgIpc) is 3.81. The molecule has 43 heavy (non-hydrogen) atoms. The van der Waals surface area contributed by atoms with Crippen molar-refractivity contribution < 1.29 is 0 Å². The molecule has 7 aromatic rings. The summed E-state index contributed by atoms with van der Waals surface area (Å²) < 4.78 is 0. The molecule has 3 aromatic heterocycles. The molecule has 0 fully saturated rings. The molecule has 7 rings (SSSR count). The van der Waals surface area contributed by atoms with E-state index in [-0.39, 0.29) is 0 Å². The summed E-state index contributed by atoms with van der Waals surface area (Å²) in [5.41, 5.74) is 20.1. The van der Waals surface area contributed by atoms with Crippen molar-refractivity contribution >= 4 is 45.1 Å². The van der Waals surface area contributed by atoms with Gasteiger partial charge in [-0.25, -0.2) is 9.97 Å². The summed E-state index contributed by atoms with van der Waals surface area (Å²) in [4.78, 5) is 27.7. The zero-order valence-corrected chi connectivity index (χ0v) is 24.0. The number of hydrogen-bond donors (Lipinski definition) is 4. The van der Waals surface area contributed by atoms with E-state index in [4.69, 9.17) is 21.4 Å². The second-order valence-corrected chi connectivity index (χ2v) is 11.3. The fraction of sp³-hybridized carbons (Fsp3) is 0.0588. The predicted molar refractivity (Wildman–Crippen MR) is 176 cm³/mol. The van der Waals surface area contributed by atoms with Crippen molar-refractivity contribution in [1.82, 2.24) is 19.9 Å². The number of hydrogen-bond acceptors (Lipinski definition) is 5. The fourth-order valence-electron chi connectivity index (χ4n) is 4.87. The lowest BCUT2D eigenvalue weighted by Gasteiger charge is -2.02. The third-order valence-electron chi connectivity index (χ3n) is 7.18. The Bertz CT molecular complexity index is 1950. The molecule has 4 aromatic carbocycles. The molecule has 0 aliphatic carbocycles. The van der Waals surface area contributed by atoms with Crippen LogP contribution in [0, 0.1) is 0 Å². The number of aromatic nitrogens is 4. The van der Waals surface area contributed by atoms with Crippen molar-refractivity contribution in [2.45, 2.75) is 13.1 Å². The lowest BCUT2D eigenvalue weighted by molar-refractivity contribution is 1.06. The monoisotopic (exact) mass is 580 g/mol. The number of aliphatic imine (C=N–C) groups is 2. The highest BCUT2D eigenvalue weighted by molar-refractivity contribution is 7.18. The second-order valence-electron chi connectivity index (χ2n) is 10.2. The number of rotatable bonds is 8. The number of imidazole rings is 2. The van der Waals surface area contributed by atoms with Crippen molar-refractivity contribution in [1.29, 1.82) is 0 Å². The molecule has 0 unspecified atom stereocenters. The van der Waals surface area contributed by atoms with Gasteiger partial charge < -0.3 is 21.4 Å². The van der Waals surface area contributed by atoms with E-state index in [0.717, 1.165) is 65.7 Å². The van der Waals surface area contributed by atoms with Crippen molar-refractivity contribution in [2.24, 2.45) is 21.5 Å². The van der Waals surface area contributed by atoms with Gasteiger partial charge in [0.05, 0.1) is 44.9 Å². The molecule has 0 amide bonds. The summed E-state index contributed by atoms with van der Waals surface area (Å²) in [7, 11) is 0. The van der Waals surface area contributed by atoms with Gasteiger partial charge in [-0.3, -0.25) is 9.98 Å². The van der Waals surface area contributed by atoms with Crippen LogP contribution in [0.2, 0.25) is 0 Å². The first-order valence-corrected chi connectivity index (χ1v) is 14.7. The third-order valence-corrected chi connectivity index (χ3v) is 8.28. The Balaban J connectivity index is 1.10. The molecule has 0 saturated heterocycles. The van der Waals surface area contributed by atoms with Crippen molar-refractivity contribution in [3.63, 3.8) is 0 Å². The molecular formula is C34H28N8S. The zero-order chi connectivity index (χ0) is 29.2. The lowest BCUT2D eigenvalue weighted by Crippen LogP contribution is -2.13. The highest BCUT2D eigenvalue weighted by atomic mass is 32.1. The fourth-order valence-corrected chi connectivity index (χ4v) is 5.76. The standard InChI is InChI=1S/C34H28N8S/c35-31(37-19-21-7-3-1-4-8-21)23-11-13-25-27(17-23)41-33(39-25)29-15-16-30(43-29)34-40-26-14-12-24(18-28(26)42-34)32(36)38-20-22-9-5-2-6-10-22/h1-18H,19-20H2,(H2,35,37)(H2,36,38)(H,39,41)(H,40,42). The Kier molecular flexibility index (Phi) is 6.98. The number of nitrogens with zero attached hydrogens (tertiary/aromatic N) is 4. The molecule has 0 atom stereocenters. The summed E-state index contributed by atoms with van der Waals surface area (Å²) in [6, 6.07) is 36.1. The molecule has 0 aliphatic rings. The van der Waals surface area contributed by atoms with Gasteiger partial charge in [-0.15, -0.1) is 11.3 Å². The molecule has 8 nitrogen and oxygen atoms in total. The second kappa shape index (κ2) is 11.4. The minimum absolute atomic E-state index is 0.498. The topological polar surface area (TPSA) is 134 Å². The van der Waals surface area contributed by atoms with E-state index in [1.54, 1.807) is 11.3 Å². The van der Waals surface area contributed by atoms with Crippen LogP contribution in [-0.4, -0.2) is 31.6 Å². The maximum atomic E-state index is 6.31. The maximum Gasteiger partial charge on any atom is 0.148 e. The zero-order valence-electron chi connectivity index (χ0n) is 23.2. The van der Waals surface area contributed by atoms with Gasteiger partial charge in [-0.2, -0.15) is 0 Å². The van der Waals surface area contributed by atoms with E-state index in [2.05, 4.69) is 32.1 Å². The number of benzene rings is 4. The molecular weight excluding hydrogens is 552 g/mol. The van der Waals surface area contributed by atoms with E-state index in [1.165, 1.54) is 0 Å². The highest BCUT2D eigenvalue weighted by Gasteiger charge is 2.14. The van der Waals surface area contributed by atoms with Crippen LogP contribution in [0.25, 0.3) is 43.5 Å². The molecule has 6 N–H and O–H groups in total. The maximum absolute atomic E-state index is 6.31. The van der Waals surface area contributed by atoms with Gasteiger partial charge in [0.2, 0.25) is 0 Å². The smallest absolute Gasteiger partial charge is 0.148 e. The van der Waals surface area contributed by atoms with Crippen LogP contribution >= 0.6 is 11.3 Å². The van der Waals surface area contributed by atoms with Crippen molar-refractivity contribution in [3.05, 3.63) is 131 Å². The number of nitrogens with one attached hydrogen (secondary N) is 2. The van der Waals surface area contributed by atoms with Crippen LogP contribution in [0.1, 0.15) is 22.3 Å². The molecule has 0 aliphatic heterocycles. The van der Waals surface area contributed by atoms with Crippen LogP contribution in [0.5, 0.6) is 0 Å². The molecule has 0 spiro atoms. The Labute approximate surface area is 251 Å². The van der Waals surface area contributed by atoms with Gasteiger partial charge in [0, 0.05) is 11.1 Å². The molecule has 210 valence electrons. The van der Waals surface area contributed by atoms with E-state index in [1.807, 2.05) is 97.1 Å². The van der Waals surface area contributed by atoms with Crippen LogP contribution in [0.15, 0.2) is 119 Å². The molecule has 0 bridgehead atoms. The number of fused-ring (bicyclic) bond motifs is 2. The van der Waals surface area contributed by atoms with E-state index < -0.39 is 0 Å². The SMILES string of the molecule is NC(=NCc1ccccc1)c1ccc2nc(-c3ccc(-c4nc5ccc(C(N)=NCc6ccccc6)cc5[nH]4)s3)[nH]c2c1. The van der Waals surface area contributed by atoms with Crippen LogP contribution in [0.4, 0.5) is 0 Å². The summed E-state index contributed by atoms with van der Waals surface area (Å²) >= 11 is 1.62. The lowest BCUT2D eigenvalue weighted by atomic mass is 10.2. The summed E-state index contributed by atoms with van der Waals surface area (Å²) in [5.74, 6) is 2.59. The first-order valence-electron chi connectivity index (χ1n) is 13.9. The third kappa shape index (κ3) is 5.66. The Morgan fingerprint density at radius 2 is 1.02 bits per heavy atom. The first kappa shape index (κ1) is 26.4. The summed E-state index contributed by atoms with van der Waals surface area (Å²) in [6.45, 7) is 1.07. The van der Waals surface area contributed by atoms with E-state index in [9.17, 15) is 0 Å². The number of aromatic amines is 2. The van der Waals surface area contributed by atoms with Crippen molar-refractivity contribution in [2.75, 3.05) is 0 Å². The Morgan fingerprint density at radius 3 is 1.47 bits per heavy atom. The number of amidine groups is 2. The van der Waals surface area contributed by atoms with E-state index >= 15 is 0 Å². The number of H-pyrrole nitrogens is 2. The summed E-state index contributed by atoms with van der Waals surface area (Å²) in [6.07, 6.45) is 0. The van der Waals surface area contributed by atoms with Crippen LogP contribution in [0.3, 0.4) is 0 Å². The van der Waals surface area contributed by atoms with Crippen LogP contribution in [-0.2, 0) is 13.1 Å². The quantitative estimate of drug-likeness (QED) is 0.118. The Morgan fingerprint density at radius 1 is 0.581 bits per heavy atom. The summed E-state index contributed by atoms with van der Waals surface area (Å²) in [5, 5.41) is 0. The minimum atomic E-state index is 0.498. The molecule has 0 saturated carbocycles. The van der Waals surface area contributed by atoms with Crippen molar-refractivity contribution in [3.8, 4) is 21.4 Å². The van der Waals surface area contributed by atoms with Gasteiger partial charge in [0.25, 0.3) is 0 Å². The Hall–Kier alpha value is -5.54. The highest BCUT2D eigenvalue weighted by Crippen LogP contribution is 2.34. The minimum Gasteiger partial charge on any atom is -0.383 e. The number of nitrogens with two attached hydrogens (primary N) is 2. The predicted octanol–water partition coefficient (Wildman–Crippen LogP) is 6.65. The van der Waals surface area contributed by atoms with Gasteiger partial charge in [0.15, 0.2) is 0 Å². The molecule has 3 heterocycles. The van der Waals surface area contributed by atoms with Gasteiger partial charge in [0.1, 0.15) is 23.3 Å². The van der Waals surface area contributed by atoms with Gasteiger partial charge in [-0.05, 0) is 59.7 Å². The number of thiophene rings is 1. The molecule has 0 radical (unpaired) electrons. The van der Waals surface area contributed by atoms with Crippen LogP contribution < -0.4 is 11.5 Å². The van der Waals surface area contributed by atoms with E-state index in [0.29, 0.717) is 24.8 Å². The largest absolute Gasteiger partial charge is 0.383 e. The molecule has 9 heteroatoms. The van der Waals surface area contributed by atoms with Gasteiger partial charge in [-0.1, -0.05) is 60.7 Å². The average molecular weight is 581 g/mol. The first-order chi connectivity index (χ1) is 21.1.